The van der Waals surface area contributed by atoms with E-state index in [1.165, 1.54) is 19.3 Å². The summed E-state index contributed by atoms with van der Waals surface area (Å²) in [5.74, 6) is 2.05. The molecule has 1 aliphatic carbocycles. The number of nitrogens with zero attached hydrogens (tertiary/aromatic N) is 4. The number of anilines is 2. The van der Waals surface area contributed by atoms with Crippen LogP contribution in [0.3, 0.4) is 0 Å². The quantitative estimate of drug-likeness (QED) is 0.205. The summed E-state index contributed by atoms with van der Waals surface area (Å²) in [6.45, 7) is 7.08. The summed E-state index contributed by atoms with van der Waals surface area (Å²) < 4.78 is 7.47. The van der Waals surface area contributed by atoms with Crippen LogP contribution in [0, 0.1) is 5.92 Å². The minimum absolute atomic E-state index is 0.0805. The molecule has 0 spiro atoms. The Labute approximate surface area is 281 Å². The molecule has 1 atom stereocenters. The molecule has 1 saturated carbocycles. The van der Waals surface area contributed by atoms with E-state index in [0.717, 1.165) is 31.2 Å². The third kappa shape index (κ3) is 9.75. The molecule has 3 aromatic rings. The van der Waals surface area contributed by atoms with E-state index in [9.17, 15) is 9.59 Å². The minimum Gasteiger partial charge on any atom is -0.444 e. The maximum atomic E-state index is 13.7. The Bertz CT molecular complexity index is 1460. The lowest BCUT2D eigenvalue weighted by Crippen LogP contribution is -2.44. The molecule has 248 valence electrons. The fourth-order valence-electron chi connectivity index (χ4n) is 6.04. The van der Waals surface area contributed by atoms with E-state index in [1.807, 2.05) is 62.0 Å². The molecule has 1 aromatic carbocycles. The van der Waals surface area contributed by atoms with Crippen LogP contribution in [0.2, 0.25) is 10.0 Å². The Morgan fingerprint density at radius 1 is 1.00 bits per heavy atom. The van der Waals surface area contributed by atoms with Crippen molar-refractivity contribution in [3.05, 3.63) is 64.4 Å². The third-order valence-electron chi connectivity index (χ3n) is 8.46. The number of nitrogens with one attached hydrogen (secondary N) is 3. The Kier molecular flexibility index (Phi) is 11.3. The van der Waals surface area contributed by atoms with Crippen LogP contribution in [0.4, 0.5) is 16.6 Å². The Morgan fingerprint density at radius 3 is 2.39 bits per heavy atom. The van der Waals surface area contributed by atoms with Crippen molar-refractivity contribution >= 4 is 47.0 Å². The second-order valence-corrected chi connectivity index (χ2v) is 14.1. The monoisotopic (exact) mass is 669 g/mol. The van der Waals surface area contributed by atoms with E-state index >= 15 is 0 Å². The zero-order valence-corrected chi connectivity index (χ0v) is 28.4. The normalized spacial score (nSPS) is 16.9. The maximum Gasteiger partial charge on any atom is 0.410 e. The molecule has 0 radical (unpaired) electrons. The largest absolute Gasteiger partial charge is 0.444 e. The van der Waals surface area contributed by atoms with Gasteiger partial charge in [0.2, 0.25) is 11.9 Å². The molecule has 1 saturated heterocycles. The topological polar surface area (TPSA) is 113 Å². The second kappa shape index (κ2) is 15.4. The average Bonchev–Trinajstić information content (AvgIpc) is 3.56. The summed E-state index contributed by atoms with van der Waals surface area (Å²) in [7, 11) is 0. The lowest BCUT2D eigenvalue weighted by Gasteiger charge is -2.33. The van der Waals surface area contributed by atoms with Crippen LogP contribution in [-0.2, 0) is 16.1 Å². The van der Waals surface area contributed by atoms with Crippen LogP contribution < -0.4 is 16.0 Å². The van der Waals surface area contributed by atoms with Crippen molar-refractivity contribution < 1.29 is 14.3 Å². The molecule has 5 rings (SSSR count). The highest BCUT2D eigenvalue weighted by Crippen LogP contribution is 2.29. The van der Waals surface area contributed by atoms with Crippen molar-refractivity contribution in [2.45, 2.75) is 96.4 Å². The highest BCUT2D eigenvalue weighted by molar-refractivity contribution is 6.35. The number of carbonyl (C=O) groups excluding carboxylic acids is 2. The first-order valence-corrected chi connectivity index (χ1v) is 17.0. The Balaban J connectivity index is 1.31. The summed E-state index contributed by atoms with van der Waals surface area (Å²) in [5.41, 5.74) is 0.272. The molecular weight excluding hydrogens is 625 g/mol. The number of aromatic nitrogens is 3. The van der Waals surface area contributed by atoms with E-state index in [2.05, 4.69) is 16.0 Å². The summed E-state index contributed by atoms with van der Waals surface area (Å²) in [6.07, 6.45) is 11.6. The SMILES string of the molecule is CC(C)(C)OC(=O)N1CCC(Nc2nc(N[C@H](CC3CCCCC3)C(=O)NCc3ccc(Cl)cc3Cl)cc(-n3cccc3)n2)CC1. The van der Waals surface area contributed by atoms with Gasteiger partial charge in [-0.1, -0.05) is 61.4 Å². The van der Waals surface area contributed by atoms with Crippen molar-refractivity contribution in [2.75, 3.05) is 23.7 Å². The molecule has 46 heavy (non-hydrogen) atoms. The van der Waals surface area contributed by atoms with Crippen molar-refractivity contribution in [3.63, 3.8) is 0 Å². The summed E-state index contributed by atoms with van der Waals surface area (Å²) >= 11 is 12.5. The van der Waals surface area contributed by atoms with Gasteiger partial charge >= 0.3 is 6.09 Å². The van der Waals surface area contributed by atoms with Crippen molar-refractivity contribution in [1.82, 2.24) is 24.8 Å². The number of ether oxygens (including phenoxy) is 1. The van der Waals surface area contributed by atoms with Gasteiger partial charge in [-0.25, -0.2) is 4.79 Å². The van der Waals surface area contributed by atoms with Crippen molar-refractivity contribution in [3.8, 4) is 5.82 Å². The zero-order chi connectivity index (χ0) is 32.7. The average molecular weight is 671 g/mol. The van der Waals surface area contributed by atoms with Crippen LogP contribution >= 0.6 is 23.2 Å². The molecule has 2 aromatic heterocycles. The molecule has 1 aliphatic heterocycles. The first-order valence-electron chi connectivity index (χ1n) is 16.3. The van der Waals surface area contributed by atoms with Gasteiger partial charge in [0.15, 0.2) is 0 Å². The zero-order valence-electron chi connectivity index (χ0n) is 26.9. The van der Waals surface area contributed by atoms with E-state index in [4.69, 9.17) is 37.9 Å². The number of piperidine rings is 1. The fraction of sp³-hybridized carbons (Fsp3) is 0.529. The van der Waals surface area contributed by atoms with Crippen molar-refractivity contribution in [2.24, 2.45) is 5.92 Å². The summed E-state index contributed by atoms with van der Waals surface area (Å²) in [5, 5.41) is 11.1. The molecule has 0 bridgehead atoms. The lowest BCUT2D eigenvalue weighted by atomic mass is 9.84. The fourth-order valence-corrected chi connectivity index (χ4v) is 6.52. The number of carbonyl (C=O) groups is 2. The third-order valence-corrected chi connectivity index (χ3v) is 9.05. The van der Waals surface area contributed by atoms with Gasteiger partial charge < -0.3 is 30.2 Å². The molecule has 3 heterocycles. The number of likely N-dealkylation sites (tertiary alicyclic amines) is 1. The van der Waals surface area contributed by atoms with Gasteiger partial charge in [-0.3, -0.25) is 4.79 Å². The van der Waals surface area contributed by atoms with E-state index in [-0.39, 0.29) is 18.0 Å². The van der Waals surface area contributed by atoms with Gasteiger partial charge in [0.25, 0.3) is 0 Å². The predicted octanol–water partition coefficient (Wildman–Crippen LogP) is 7.45. The highest BCUT2D eigenvalue weighted by Gasteiger charge is 2.28. The summed E-state index contributed by atoms with van der Waals surface area (Å²) in [6, 6.07) is 10.6. The van der Waals surface area contributed by atoms with Crippen LogP contribution in [0.5, 0.6) is 0 Å². The van der Waals surface area contributed by atoms with Gasteiger partial charge in [0.05, 0.1) is 0 Å². The van der Waals surface area contributed by atoms with E-state index in [0.29, 0.717) is 59.6 Å². The number of benzene rings is 1. The lowest BCUT2D eigenvalue weighted by molar-refractivity contribution is -0.122. The Morgan fingerprint density at radius 2 is 1.72 bits per heavy atom. The first kappa shape index (κ1) is 33.9. The van der Waals surface area contributed by atoms with Crippen LogP contribution in [0.15, 0.2) is 48.8 Å². The van der Waals surface area contributed by atoms with Crippen LogP contribution in [0.1, 0.15) is 77.7 Å². The van der Waals surface area contributed by atoms with Gasteiger partial charge in [0.1, 0.15) is 23.3 Å². The molecular formula is C34H45Cl2N7O3. The predicted molar refractivity (Wildman–Crippen MR) is 183 cm³/mol. The molecule has 10 nitrogen and oxygen atoms in total. The van der Waals surface area contributed by atoms with Gasteiger partial charge in [-0.2, -0.15) is 9.97 Å². The standard InChI is InChI=1S/C34H45Cl2N7O3/c1-34(2,3)46-33(45)43-17-13-26(14-18-43)38-32-40-29(21-30(41-32)42-15-7-8-16-42)39-28(19-23-9-5-4-6-10-23)31(44)37-22-24-11-12-25(35)20-27(24)36/h7-8,11-12,15-16,20-21,23,26,28H,4-6,9-10,13-14,17-19,22H2,1-3H3,(H,37,44)(H2,38,39,40,41)/t28-/m1/s1. The number of amides is 2. The Hall–Kier alpha value is -3.50. The maximum absolute atomic E-state index is 13.7. The molecule has 2 fully saturated rings. The van der Waals surface area contributed by atoms with Crippen molar-refractivity contribution in [1.29, 1.82) is 0 Å². The first-order chi connectivity index (χ1) is 22.0. The van der Waals surface area contributed by atoms with Crippen LogP contribution in [0.25, 0.3) is 5.82 Å². The van der Waals surface area contributed by atoms with E-state index in [1.54, 1.807) is 17.0 Å². The minimum atomic E-state index is -0.531. The smallest absolute Gasteiger partial charge is 0.410 e. The van der Waals surface area contributed by atoms with Gasteiger partial charge in [-0.05, 0) is 75.8 Å². The number of hydrogen-bond donors (Lipinski definition) is 3. The van der Waals surface area contributed by atoms with E-state index < -0.39 is 11.6 Å². The number of rotatable bonds is 10. The molecule has 3 N–H and O–H groups in total. The molecule has 12 heteroatoms. The highest BCUT2D eigenvalue weighted by atomic mass is 35.5. The number of halogens is 2. The van der Waals surface area contributed by atoms with Gasteiger partial charge in [-0.15, -0.1) is 0 Å². The second-order valence-electron chi connectivity index (χ2n) is 13.3. The molecule has 0 unspecified atom stereocenters. The van der Waals surface area contributed by atoms with Gasteiger partial charge in [0, 0.05) is 54.2 Å². The molecule has 2 amide bonds. The molecule has 2 aliphatic rings. The summed E-state index contributed by atoms with van der Waals surface area (Å²) in [4.78, 5) is 37.7. The van der Waals surface area contributed by atoms with Crippen LogP contribution in [-0.4, -0.2) is 62.2 Å². The number of hydrogen-bond acceptors (Lipinski definition) is 7.